The van der Waals surface area contributed by atoms with Crippen LogP contribution < -0.4 is 11.5 Å². The molecule has 2 heterocycles. The van der Waals surface area contributed by atoms with E-state index in [1.165, 1.54) is 21.6 Å². The van der Waals surface area contributed by atoms with E-state index in [2.05, 4.69) is 23.9 Å². The van der Waals surface area contributed by atoms with Crippen LogP contribution in [-0.4, -0.2) is 121 Å². The van der Waals surface area contributed by atoms with Gasteiger partial charge < -0.3 is 31.1 Å². The number of hydrogen-bond donors (Lipinski definition) is 2. The van der Waals surface area contributed by atoms with Gasteiger partial charge in [0.05, 0.1) is 12.1 Å². The molecule has 10 heteroatoms. The maximum Gasteiger partial charge on any atom is 0.240 e. The van der Waals surface area contributed by atoms with Crippen molar-refractivity contribution in [2.45, 2.75) is 12.1 Å². The smallest absolute Gasteiger partial charge is 0.240 e. The zero-order valence-corrected chi connectivity index (χ0v) is 17.4. The Morgan fingerprint density at radius 2 is 1.04 bits per heavy atom. The molecule has 2 aliphatic rings. The maximum absolute atomic E-state index is 12.3. The molecule has 0 radical (unpaired) electrons. The SMILES string of the molecule is CN1CCN(C(=O)C(N)CSSCC(N)C(=O)N2CCN(C)CC2)CC1. The maximum atomic E-state index is 12.3. The van der Waals surface area contributed by atoms with Crippen molar-refractivity contribution in [3.05, 3.63) is 0 Å². The summed E-state index contributed by atoms with van der Waals surface area (Å²) >= 11 is 0. The molecule has 26 heavy (non-hydrogen) atoms. The molecule has 8 nitrogen and oxygen atoms in total. The molecule has 0 aliphatic carbocycles. The minimum atomic E-state index is -0.500. The Morgan fingerprint density at radius 3 is 1.35 bits per heavy atom. The third kappa shape index (κ3) is 6.58. The van der Waals surface area contributed by atoms with E-state index in [1.807, 2.05) is 9.80 Å². The first-order valence-corrected chi connectivity index (χ1v) is 11.6. The lowest BCUT2D eigenvalue weighted by molar-refractivity contribution is -0.134. The number of amides is 2. The number of piperazine rings is 2. The first-order valence-electron chi connectivity index (χ1n) is 9.08. The molecule has 2 aliphatic heterocycles. The molecule has 2 amide bonds. The molecular weight excluding hydrogens is 372 g/mol. The summed E-state index contributed by atoms with van der Waals surface area (Å²) in [6.07, 6.45) is 0. The number of nitrogens with zero attached hydrogens (tertiary/aromatic N) is 4. The van der Waals surface area contributed by atoms with Crippen molar-refractivity contribution < 1.29 is 9.59 Å². The molecule has 150 valence electrons. The minimum absolute atomic E-state index is 0.0176. The topological polar surface area (TPSA) is 99.1 Å². The van der Waals surface area contributed by atoms with Gasteiger partial charge in [-0.15, -0.1) is 0 Å². The van der Waals surface area contributed by atoms with Gasteiger partial charge in [-0.3, -0.25) is 9.59 Å². The molecular formula is C16H32N6O2S2. The van der Waals surface area contributed by atoms with Crippen LogP contribution in [-0.2, 0) is 9.59 Å². The molecule has 0 aromatic rings. The average molecular weight is 405 g/mol. The number of hydrogen-bond acceptors (Lipinski definition) is 8. The third-order valence-electron chi connectivity index (χ3n) is 4.84. The minimum Gasteiger partial charge on any atom is -0.339 e. The zero-order valence-electron chi connectivity index (χ0n) is 15.8. The molecule has 2 rings (SSSR count). The van der Waals surface area contributed by atoms with E-state index < -0.39 is 12.1 Å². The molecule has 2 fully saturated rings. The number of carbonyl (C=O) groups excluding carboxylic acids is 2. The van der Waals surface area contributed by atoms with Gasteiger partial charge in [-0.25, -0.2) is 0 Å². The van der Waals surface area contributed by atoms with Crippen molar-refractivity contribution in [2.75, 3.05) is 78.0 Å². The van der Waals surface area contributed by atoms with E-state index in [9.17, 15) is 9.59 Å². The van der Waals surface area contributed by atoms with Crippen LogP contribution in [0.25, 0.3) is 0 Å². The van der Waals surface area contributed by atoms with E-state index >= 15 is 0 Å². The van der Waals surface area contributed by atoms with E-state index in [-0.39, 0.29) is 11.8 Å². The van der Waals surface area contributed by atoms with Crippen LogP contribution in [0, 0.1) is 0 Å². The first kappa shape index (κ1) is 21.8. The lowest BCUT2D eigenvalue weighted by Gasteiger charge is -2.34. The van der Waals surface area contributed by atoms with Gasteiger partial charge in [0, 0.05) is 63.9 Å². The van der Waals surface area contributed by atoms with Gasteiger partial charge in [0.15, 0.2) is 0 Å². The molecule has 0 aromatic heterocycles. The second-order valence-electron chi connectivity index (χ2n) is 7.04. The van der Waals surface area contributed by atoms with Crippen molar-refractivity contribution in [3.8, 4) is 0 Å². The molecule has 0 aromatic carbocycles. The second-order valence-corrected chi connectivity index (χ2v) is 9.59. The van der Waals surface area contributed by atoms with E-state index in [0.717, 1.165) is 52.4 Å². The van der Waals surface area contributed by atoms with Crippen LogP contribution in [0.5, 0.6) is 0 Å². The number of rotatable bonds is 7. The fourth-order valence-corrected chi connectivity index (χ4v) is 5.14. The standard InChI is InChI=1S/C16H32N6O2S2/c1-19-3-7-21(8-4-19)15(23)13(17)11-25-26-12-14(18)16(24)22-9-5-20(2)6-10-22/h13-14H,3-12,17-18H2,1-2H3. The molecule has 4 N–H and O–H groups in total. The van der Waals surface area contributed by atoms with Crippen LogP contribution in [0.15, 0.2) is 0 Å². The number of likely N-dealkylation sites (N-methyl/N-ethyl adjacent to an activating group) is 2. The third-order valence-corrected chi connectivity index (χ3v) is 7.32. The van der Waals surface area contributed by atoms with Gasteiger partial charge in [-0.05, 0) is 14.1 Å². The summed E-state index contributed by atoms with van der Waals surface area (Å²) in [6.45, 7) is 6.54. The van der Waals surface area contributed by atoms with Crippen molar-refractivity contribution in [2.24, 2.45) is 11.5 Å². The Labute approximate surface area is 164 Å². The Balaban J connectivity index is 1.61. The van der Waals surface area contributed by atoms with Crippen LogP contribution >= 0.6 is 21.6 Å². The first-order chi connectivity index (χ1) is 12.4. The highest BCUT2D eigenvalue weighted by Gasteiger charge is 2.26. The van der Waals surface area contributed by atoms with E-state index in [1.54, 1.807) is 0 Å². The summed E-state index contributed by atoms with van der Waals surface area (Å²) in [5.74, 6) is 1.10. The van der Waals surface area contributed by atoms with Crippen LogP contribution in [0.4, 0.5) is 0 Å². The summed E-state index contributed by atoms with van der Waals surface area (Å²) in [6, 6.07) is -0.999. The van der Waals surface area contributed by atoms with Gasteiger partial charge in [0.25, 0.3) is 0 Å². The molecule has 2 unspecified atom stereocenters. The normalized spacial score (nSPS) is 22.3. The van der Waals surface area contributed by atoms with Crippen molar-refractivity contribution >= 4 is 33.4 Å². The summed E-state index contributed by atoms with van der Waals surface area (Å²) in [7, 11) is 7.16. The summed E-state index contributed by atoms with van der Waals surface area (Å²) in [5.41, 5.74) is 12.1. The monoisotopic (exact) mass is 404 g/mol. The lowest BCUT2D eigenvalue weighted by Crippen LogP contribution is -2.53. The van der Waals surface area contributed by atoms with Crippen molar-refractivity contribution in [1.82, 2.24) is 19.6 Å². The highest BCUT2D eigenvalue weighted by molar-refractivity contribution is 8.76. The largest absolute Gasteiger partial charge is 0.339 e. The van der Waals surface area contributed by atoms with Gasteiger partial charge in [-0.1, -0.05) is 21.6 Å². The molecule has 2 saturated heterocycles. The Kier molecular flexibility index (Phi) is 8.98. The average Bonchev–Trinajstić information content (AvgIpc) is 2.65. The Bertz CT molecular complexity index is 426. The van der Waals surface area contributed by atoms with E-state index in [0.29, 0.717) is 11.5 Å². The van der Waals surface area contributed by atoms with Crippen LogP contribution in [0.2, 0.25) is 0 Å². The van der Waals surface area contributed by atoms with Crippen molar-refractivity contribution in [1.29, 1.82) is 0 Å². The highest BCUT2D eigenvalue weighted by Crippen LogP contribution is 2.23. The van der Waals surface area contributed by atoms with Gasteiger partial charge >= 0.3 is 0 Å². The van der Waals surface area contributed by atoms with Gasteiger partial charge in [0.2, 0.25) is 11.8 Å². The van der Waals surface area contributed by atoms with Crippen LogP contribution in [0.3, 0.4) is 0 Å². The fourth-order valence-electron chi connectivity index (χ4n) is 2.91. The summed E-state index contributed by atoms with van der Waals surface area (Å²) < 4.78 is 0. The quantitative estimate of drug-likeness (QED) is 0.394. The fraction of sp³-hybridized carbons (Fsp3) is 0.875. The highest BCUT2D eigenvalue weighted by atomic mass is 33.1. The number of nitrogens with two attached hydrogens (primary N) is 2. The van der Waals surface area contributed by atoms with Gasteiger partial charge in [0.1, 0.15) is 0 Å². The van der Waals surface area contributed by atoms with Gasteiger partial charge in [-0.2, -0.15) is 0 Å². The predicted octanol–water partition coefficient (Wildman–Crippen LogP) is -1.43. The predicted molar refractivity (Wildman–Crippen MR) is 109 cm³/mol. The van der Waals surface area contributed by atoms with Crippen molar-refractivity contribution in [3.63, 3.8) is 0 Å². The molecule has 2 atom stereocenters. The Hall–Kier alpha value is -0.520. The summed E-state index contributed by atoms with van der Waals surface area (Å²) in [5, 5.41) is 0. The number of carbonyl (C=O) groups is 2. The Morgan fingerprint density at radius 1 is 0.731 bits per heavy atom. The lowest BCUT2D eigenvalue weighted by atomic mass is 10.2. The molecule has 0 bridgehead atoms. The molecule has 0 saturated carbocycles. The van der Waals surface area contributed by atoms with Crippen LogP contribution in [0.1, 0.15) is 0 Å². The zero-order chi connectivity index (χ0) is 19.1. The second kappa shape index (κ2) is 10.7. The van der Waals surface area contributed by atoms with E-state index in [4.69, 9.17) is 11.5 Å². The summed E-state index contributed by atoms with van der Waals surface area (Å²) in [4.78, 5) is 32.8. The molecule has 0 spiro atoms.